The van der Waals surface area contributed by atoms with Crippen LogP contribution in [0.2, 0.25) is 0 Å². The van der Waals surface area contributed by atoms with E-state index in [4.69, 9.17) is 9.47 Å². The molecule has 0 aromatic heterocycles. The average molecular weight is 208 g/mol. The van der Waals surface area contributed by atoms with Gasteiger partial charge in [0.2, 0.25) is 0 Å². The molecule has 1 aliphatic heterocycles. The number of hydrogen-bond donors (Lipinski definition) is 0. The summed E-state index contributed by atoms with van der Waals surface area (Å²) < 4.78 is 11.5. The molecule has 2 atom stereocenters. The number of rotatable bonds is 6. The van der Waals surface area contributed by atoms with Crippen molar-refractivity contribution in [3.8, 4) is 0 Å². The Morgan fingerprint density at radius 1 is 1.33 bits per heavy atom. The third-order valence-corrected chi connectivity index (χ3v) is 2.58. The van der Waals surface area contributed by atoms with E-state index in [0.717, 1.165) is 25.9 Å². The maximum atomic E-state index is 5.85. The lowest BCUT2D eigenvalue weighted by Gasteiger charge is -2.32. The Balaban J connectivity index is 2.51. The van der Waals surface area contributed by atoms with E-state index in [0.29, 0.717) is 0 Å². The highest BCUT2D eigenvalue weighted by atomic mass is 16.5. The van der Waals surface area contributed by atoms with Crippen LogP contribution in [0, 0.1) is 0 Å². The van der Waals surface area contributed by atoms with Crippen LogP contribution in [0.5, 0.6) is 0 Å². The Bertz CT molecular complexity index is 215. The van der Waals surface area contributed by atoms with E-state index in [9.17, 15) is 0 Å². The van der Waals surface area contributed by atoms with E-state index in [1.807, 2.05) is 6.08 Å². The van der Waals surface area contributed by atoms with Crippen LogP contribution in [-0.4, -0.2) is 24.9 Å². The second-order valence-corrected chi connectivity index (χ2v) is 3.69. The third-order valence-electron chi connectivity index (χ3n) is 2.58. The largest absolute Gasteiger partial charge is 0.375 e. The predicted molar refractivity (Wildman–Crippen MR) is 62.8 cm³/mol. The summed E-state index contributed by atoms with van der Waals surface area (Å²) in [6.45, 7) is 12.0. The molecule has 0 bridgehead atoms. The molecule has 0 spiro atoms. The molecule has 2 heteroatoms. The Morgan fingerprint density at radius 2 is 2.07 bits per heavy atom. The van der Waals surface area contributed by atoms with Crippen molar-refractivity contribution in [3.05, 3.63) is 38.0 Å². The Hall–Kier alpha value is -0.860. The SMILES string of the molecule is C=CC[C@H]1OCCC[C@@H]1OC(C=C)C=C. The molecule has 0 N–H and O–H groups in total. The molecule has 1 rings (SSSR count). The lowest BCUT2D eigenvalue weighted by atomic mass is 10.0. The van der Waals surface area contributed by atoms with Crippen molar-refractivity contribution < 1.29 is 9.47 Å². The molecule has 1 aliphatic rings. The van der Waals surface area contributed by atoms with Gasteiger partial charge in [0, 0.05) is 6.61 Å². The first-order valence-corrected chi connectivity index (χ1v) is 5.45. The molecule has 1 fully saturated rings. The smallest absolute Gasteiger partial charge is 0.0937 e. The summed E-state index contributed by atoms with van der Waals surface area (Å²) in [5.74, 6) is 0. The van der Waals surface area contributed by atoms with Crippen LogP contribution < -0.4 is 0 Å². The molecule has 0 aliphatic carbocycles. The summed E-state index contributed by atoms with van der Waals surface area (Å²) in [5.41, 5.74) is 0. The molecular formula is C13H20O2. The van der Waals surface area contributed by atoms with Crippen LogP contribution in [0.1, 0.15) is 19.3 Å². The van der Waals surface area contributed by atoms with Crippen molar-refractivity contribution >= 4 is 0 Å². The number of ether oxygens (including phenoxy) is 2. The second kappa shape index (κ2) is 6.59. The molecule has 1 heterocycles. The van der Waals surface area contributed by atoms with Gasteiger partial charge in [0.1, 0.15) is 0 Å². The standard InChI is InChI=1S/C13H20O2/c1-4-8-12-13(9-7-10-14-12)15-11(5-2)6-3/h4-6,11-13H,1-3,7-10H2/t12-,13+/m1/s1. The van der Waals surface area contributed by atoms with Crippen LogP contribution in [-0.2, 0) is 9.47 Å². The zero-order valence-electron chi connectivity index (χ0n) is 9.23. The van der Waals surface area contributed by atoms with Crippen LogP contribution in [0.25, 0.3) is 0 Å². The van der Waals surface area contributed by atoms with Gasteiger partial charge in [-0.15, -0.1) is 19.7 Å². The fourth-order valence-corrected chi connectivity index (χ4v) is 1.76. The number of hydrogen-bond acceptors (Lipinski definition) is 2. The second-order valence-electron chi connectivity index (χ2n) is 3.69. The lowest BCUT2D eigenvalue weighted by molar-refractivity contribution is -0.110. The first-order valence-electron chi connectivity index (χ1n) is 5.45. The summed E-state index contributed by atoms with van der Waals surface area (Å²) in [7, 11) is 0. The highest BCUT2D eigenvalue weighted by Gasteiger charge is 2.26. The topological polar surface area (TPSA) is 18.5 Å². The highest BCUT2D eigenvalue weighted by Crippen LogP contribution is 2.21. The van der Waals surface area contributed by atoms with Crippen LogP contribution >= 0.6 is 0 Å². The maximum absolute atomic E-state index is 5.85. The van der Waals surface area contributed by atoms with Crippen LogP contribution in [0.3, 0.4) is 0 Å². The molecule has 0 saturated carbocycles. The van der Waals surface area contributed by atoms with Crippen LogP contribution in [0.4, 0.5) is 0 Å². The van der Waals surface area contributed by atoms with Gasteiger partial charge in [0.05, 0.1) is 18.3 Å². The van der Waals surface area contributed by atoms with Gasteiger partial charge in [-0.1, -0.05) is 18.2 Å². The van der Waals surface area contributed by atoms with Gasteiger partial charge in [-0.2, -0.15) is 0 Å². The molecule has 0 aromatic rings. The van der Waals surface area contributed by atoms with E-state index in [2.05, 4.69) is 19.7 Å². The van der Waals surface area contributed by atoms with Gasteiger partial charge in [0.15, 0.2) is 0 Å². The van der Waals surface area contributed by atoms with Gasteiger partial charge >= 0.3 is 0 Å². The fourth-order valence-electron chi connectivity index (χ4n) is 1.76. The zero-order valence-corrected chi connectivity index (χ0v) is 9.23. The maximum Gasteiger partial charge on any atom is 0.0937 e. The van der Waals surface area contributed by atoms with Crippen molar-refractivity contribution in [3.63, 3.8) is 0 Å². The average Bonchev–Trinajstić information content (AvgIpc) is 2.28. The van der Waals surface area contributed by atoms with Gasteiger partial charge < -0.3 is 9.47 Å². The summed E-state index contributed by atoms with van der Waals surface area (Å²) in [6.07, 6.45) is 8.52. The molecule has 0 aromatic carbocycles. The lowest BCUT2D eigenvalue weighted by Crippen LogP contribution is -2.37. The van der Waals surface area contributed by atoms with Crippen molar-refractivity contribution in [1.82, 2.24) is 0 Å². The molecule has 0 amide bonds. The van der Waals surface area contributed by atoms with Crippen molar-refractivity contribution in [2.45, 2.75) is 37.6 Å². The fraction of sp³-hybridized carbons (Fsp3) is 0.538. The van der Waals surface area contributed by atoms with Gasteiger partial charge in [-0.05, 0) is 19.3 Å². The summed E-state index contributed by atoms with van der Waals surface area (Å²) in [6, 6.07) is 0. The minimum absolute atomic E-state index is 0.0796. The summed E-state index contributed by atoms with van der Waals surface area (Å²) >= 11 is 0. The van der Waals surface area contributed by atoms with E-state index in [1.54, 1.807) is 12.2 Å². The predicted octanol–water partition coefficient (Wildman–Crippen LogP) is 2.87. The van der Waals surface area contributed by atoms with Gasteiger partial charge in [0.25, 0.3) is 0 Å². The van der Waals surface area contributed by atoms with E-state index in [-0.39, 0.29) is 18.3 Å². The minimum Gasteiger partial charge on any atom is -0.375 e. The normalized spacial score (nSPS) is 26.2. The molecule has 84 valence electrons. The quantitative estimate of drug-likeness (QED) is 0.625. The monoisotopic (exact) mass is 208 g/mol. The van der Waals surface area contributed by atoms with Gasteiger partial charge in [-0.3, -0.25) is 0 Å². The Kier molecular flexibility index (Phi) is 5.37. The molecule has 0 radical (unpaired) electrons. The van der Waals surface area contributed by atoms with E-state index >= 15 is 0 Å². The van der Waals surface area contributed by atoms with E-state index in [1.165, 1.54) is 0 Å². The van der Waals surface area contributed by atoms with Crippen molar-refractivity contribution in [2.75, 3.05) is 6.61 Å². The molecule has 0 unspecified atom stereocenters. The summed E-state index contributed by atoms with van der Waals surface area (Å²) in [5, 5.41) is 0. The Labute approximate surface area is 92.3 Å². The first-order chi connectivity index (χ1) is 7.31. The zero-order chi connectivity index (χ0) is 11.1. The third kappa shape index (κ3) is 3.65. The molecule has 15 heavy (non-hydrogen) atoms. The Morgan fingerprint density at radius 3 is 2.67 bits per heavy atom. The van der Waals surface area contributed by atoms with Crippen LogP contribution in [0.15, 0.2) is 38.0 Å². The molecule has 1 saturated heterocycles. The summed E-state index contributed by atoms with van der Waals surface area (Å²) in [4.78, 5) is 0. The van der Waals surface area contributed by atoms with Crippen molar-refractivity contribution in [2.24, 2.45) is 0 Å². The molecule has 2 nitrogen and oxygen atoms in total. The molecular weight excluding hydrogens is 188 g/mol. The van der Waals surface area contributed by atoms with Crippen molar-refractivity contribution in [1.29, 1.82) is 0 Å². The van der Waals surface area contributed by atoms with E-state index < -0.39 is 0 Å². The first kappa shape index (κ1) is 12.2. The highest BCUT2D eigenvalue weighted by molar-refractivity contribution is 4.95. The van der Waals surface area contributed by atoms with Gasteiger partial charge in [-0.25, -0.2) is 0 Å². The minimum atomic E-state index is -0.0796.